The van der Waals surface area contributed by atoms with Crippen molar-refractivity contribution in [3.05, 3.63) is 23.7 Å². The van der Waals surface area contributed by atoms with E-state index >= 15 is 0 Å². The number of hydrogen-bond acceptors (Lipinski definition) is 3. The van der Waals surface area contributed by atoms with Crippen LogP contribution in [0.15, 0.2) is 12.1 Å². The SMILES string of the molecule is FC(F)(F)c1nnc2ccc(C3CCCCCCCC3)nn12. The van der Waals surface area contributed by atoms with Gasteiger partial charge in [0.25, 0.3) is 5.82 Å². The van der Waals surface area contributed by atoms with Crippen LogP contribution < -0.4 is 0 Å². The van der Waals surface area contributed by atoms with Crippen LogP contribution in [0, 0.1) is 0 Å². The molecule has 2 heterocycles. The van der Waals surface area contributed by atoms with E-state index < -0.39 is 12.0 Å². The summed E-state index contributed by atoms with van der Waals surface area (Å²) in [5.74, 6) is -0.821. The average molecular weight is 312 g/mol. The van der Waals surface area contributed by atoms with Crippen LogP contribution in [0.3, 0.4) is 0 Å². The molecule has 22 heavy (non-hydrogen) atoms. The summed E-state index contributed by atoms with van der Waals surface area (Å²) in [6.07, 6.45) is 4.55. The Hall–Kier alpha value is -1.66. The van der Waals surface area contributed by atoms with Crippen molar-refractivity contribution in [2.45, 2.75) is 63.5 Å². The van der Waals surface area contributed by atoms with Gasteiger partial charge in [-0.05, 0) is 25.0 Å². The Kier molecular flexibility index (Phi) is 4.31. The maximum Gasteiger partial charge on any atom is 0.453 e. The van der Waals surface area contributed by atoms with Crippen molar-refractivity contribution in [3.8, 4) is 0 Å². The first-order valence-electron chi connectivity index (χ1n) is 7.85. The molecule has 1 fully saturated rings. The molecule has 120 valence electrons. The number of hydrogen-bond donors (Lipinski definition) is 0. The maximum atomic E-state index is 12.9. The summed E-state index contributed by atoms with van der Waals surface area (Å²) in [7, 11) is 0. The Morgan fingerprint density at radius 3 is 2.18 bits per heavy atom. The van der Waals surface area contributed by atoms with Gasteiger partial charge in [-0.3, -0.25) is 0 Å². The molecule has 0 N–H and O–H groups in total. The molecule has 4 nitrogen and oxygen atoms in total. The zero-order chi connectivity index (χ0) is 15.6. The van der Waals surface area contributed by atoms with Gasteiger partial charge < -0.3 is 0 Å². The third-order valence-electron chi connectivity index (χ3n) is 4.31. The molecule has 0 radical (unpaired) electrons. The molecule has 0 spiro atoms. The summed E-state index contributed by atoms with van der Waals surface area (Å²) < 4.78 is 39.6. The molecule has 0 atom stereocenters. The van der Waals surface area contributed by atoms with E-state index in [4.69, 9.17) is 0 Å². The van der Waals surface area contributed by atoms with Crippen molar-refractivity contribution in [3.63, 3.8) is 0 Å². The van der Waals surface area contributed by atoms with Crippen LogP contribution in [0.2, 0.25) is 0 Å². The highest BCUT2D eigenvalue weighted by atomic mass is 19.4. The monoisotopic (exact) mass is 312 g/mol. The average Bonchev–Trinajstić information content (AvgIpc) is 2.95. The van der Waals surface area contributed by atoms with Gasteiger partial charge in [0.05, 0.1) is 5.69 Å². The quantitative estimate of drug-likeness (QED) is 0.785. The molecule has 2 aromatic rings. The zero-order valence-corrected chi connectivity index (χ0v) is 12.3. The molecule has 0 unspecified atom stereocenters. The molecule has 1 saturated carbocycles. The molecule has 3 rings (SSSR count). The van der Waals surface area contributed by atoms with Gasteiger partial charge in [-0.2, -0.15) is 22.8 Å². The second kappa shape index (κ2) is 6.22. The van der Waals surface area contributed by atoms with Crippen molar-refractivity contribution >= 4 is 5.65 Å². The lowest BCUT2D eigenvalue weighted by Crippen LogP contribution is -2.14. The van der Waals surface area contributed by atoms with Gasteiger partial charge in [-0.25, -0.2) is 0 Å². The van der Waals surface area contributed by atoms with E-state index in [1.165, 1.54) is 25.7 Å². The number of halogens is 3. The van der Waals surface area contributed by atoms with E-state index in [0.29, 0.717) is 0 Å². The molecule has 0 amide bonds. The summed E-state index contributed by atoms with van der Waals surface area (Å²) in [6, 6.07) is 3.38. The number of nitrogens with zero attached hydrogens (tertiary/aromatic N) is 4. The molecule has 2 aromatic heterocycles. The lowest BCUT2D eigenvalue weighted by molar-refractivity contribution is -0.146. The summed E-state index contributed by atoms with van der Waals surface area (Å²) in [6.45, 7) is 0. The molecule has 0 aliphatic heterocycles. The Bertz CT molecular complexity index is 625. The van der Waals surface area contributed by atoms with Crippen molar-refractivity contribution in [1.29, 1.82) is 0 Å². The van der Waals surface area contributed by atoms with E-state index in [2.05, 4.69) is 15.3 Å². The number of rotatable bonds is 1. The summed E-state index contributed by atoms with van der Waals surface area (Å²) in [4.78, 5) is 0. The van der Waals surface area contributed by atoms with Crippen LogP contribution in [0.4, 0.5) is 13.2 Å². The fourth-order valence-electron chi connectivity index (χ4n) is 3.13. The Morgan fingerprint density at radius 2 is 1.55 bits per heavy atom. The molecule has 7 heteroatoms. The fraction of sp³-hybridized carbons (Fsp3) is 0.667. The number of alkyl halides is 3. The third kappa shape index (κ3) is 3.23. The standard InChI is InChI=1S/C15H19F3N4/c16-15(17,18)14-20-19-13-10-9-12(21-22(13)14)11-7-5-3-1-2-4-6-8-11/h9-11H,1-8H2. The topological polar surface area (TPSA) is 43.1 Å². The van der Waals surface area contributed by atoms with Crippen molar-refractivity contribution in [1.82, 2.24) is 19.8 Å². The predicted molar refractivity (Wildman–Crippen MR) is 75.5 cm³/mol. The highest BCUT2D eigenvalue weighted by molar-refractivity contribution is 5.37. The first-order chi connectivity index (χ1) is 10.6. The van der Waals surface area contributed by atoms with Gasteiger partial charge in [0.1, 0.15) is 0 Å². The fourth-order valence-corrected chi connectivity index (χ4v) is 3.13. The molecular formula is C15H19F3N4. The molecule has 0 aromatic carbocycles. The normalized spacial score (nSPS) is 18.9. The molecule has 0 saturated heterocycles. The predicted octanol–water partition coefficient (Wildman–Crippen LogP) is 4.36. The van der Waals surface area contributed by atoms with Gasteiger partial charge in [0.2, 0.25) is 0 Å². The van der Waals surface area contributed by atoms with Crippen molar-refractivity contribution in [2.24, 2.45) is 0 Å². The largest absolute Gasteiger partial charge is 0.453 e. The lowest BCUT2D eigenvalue weighted by Gasteiger charge is -2.15. The zero-order valence-electron chi connectivity index (χ0n) is 12.3. The smallest absolute Gasteiger partial charge is 0.189 e. The first-order valence-corrected chi connectivity index (χ1v) is 7.85. The number of fused-ring (bicyclic) bond motifs is 1. The Labute approximate surface area is 126 Å². The summed E-state index contributed by atoms with van der Waals surface area (Å²) >= 11 is 0. The maximum absolute atomic E-state index is 12.9. The minimum absolute atomic E-state index is 0.138. The van der Waals surface area contributed by atoms with Gasteiger partial charge >= 0.3 is 6.18 Å². The first kappa shape index (κ1) is 15.2. The second-order valence-corrected chi connectivity index (χ2v) is 5.95. The highest BCUT2D eigenvalue weighted by Crippen LogP contribution is 2.31. The van der Waals surface area contributed by atoms with Crippen molar-refractivity contribution < 1.29 is 13.2 Å². The van der Waals surface area contributed by atoms with Crippen LogP contribution in [0.5, 0.6) is 0 Å². The van der Waals surface area contributed by atoms with Crippen LogP contribution in [-0.2, 0) is 6.18 Å². The number of aromatic nitrogens is 4. The second-order valence-electron chi connectivity index (χ2n) is 5.95. The van der Waals surface area contributed by atoms with Crippen LogP contribution in [0.25, 0.3) is 5.65 Å². The summed E-state index contributed by atoms with van der Waals surface area (Å²) in [5.41, 5.74) is 0.860. The van der Waals surface area contributed by atoms with Gasteiger partial charge in [0.15, 0.2) is 5.65 Å². The van der Waals surface area contributed by atoms with E-state index in [0.717, 1.165) is 35.9 Å². The van der Waals surface area contributed by atoms with Crippen LogP contribution in [-0.4, -0.2) is 19.8 Å². The van der Waals surface area contributed by atoms with Gasteiger partial charge in [0, 0.05) is 5.92 Å². The van der Waals surface area contributed by atoms with E-state index in [1.807, 2.05) is 0 Å². The van der Waals surface area contributed by atoms with Gasteiger partial charge in [-0.1, -0.05) is 38.5 Å². The minimum Gasteiger partial charge on any atom is -0.189 e. The van der Waals surface area contributed by atoms with Gasteiger partial charge in [-0.15, -0.1) is 10.2 Å². The molecule has 0 bridgehead atoms. The molecular weight excluding hydrogens is 293 g/mol. The Morgan fingerprint density at radius 1 is 0.909 bits per heavy atom. The van der Waals surface area contributed by atoms with E-state index in [-0.39, 0.29) is 11.6 Å². The van der Waals surface area contributed by atoms with E-state index in [9.17, 15) is 13.2 Å². The van der Waals surface area contributed by atoms with E-state index in [1.54, 1.807) is 12.1 Å². The molecule has 1 aliphatic carbocycles. The third-order valence-corrected chi connectivity index (χ3v) is 4.31. The van der Waals surface area contributed by atoms with Crippen LogP contribution >= 0.6 is 0 Å². The van der Waals surface area contributed by atoms with Crippen molar-refractivity contribution in [2.75, 3.05) is 0 Å². The lowest BCUT2D eigenvalue weighted by atomic mass is 9.93. The molecule has 1 aliphatic rings. The highest BCUT2D eigenvalue weighted by Gasteiger charge is 2.37. The van der Waals surface area contributed by atoms with Crippen LogP contribution in [0.1, 0.15) is 68.8 Å². The summed E-state index contributed by atoms with van der Waals surface area (Å²) in [5, 5.41) is 11.0. The Balaban J connectivity index is 1.92. The minimum atomic E-state index is -4.54.